The SMILES string of the molecule is O=C(CCCCC(=O)N/N=C1\C[C@H]2C=CC[C@H]12)N/N=C1/C[C@@H]2C=CC[C@@H]12. The summed E-state index contributed by atoms with van der Waals surface area (Å²) in [5.41, 5.74) is 7.54. The van der Waals surface area contributed by atoms with Gasteiger partial charge in [-0.05, 0) is 50.4 Å². The standard InChI is InChI=1S/C20H26N4O2/c25-19(23-21-17-11-13-5-3-7-15(13)17)9-1-2-10-20(26)24-22-18-12-14-6-4-8-16(14)18/h3-6,13-16H,1-2,7-12H2,(H,23,25)(H,24,26)/b21-17-,22-18+/t13-,14+,15+,16-/m0/s1. The zero-order valence-electron chi connectivity index (χ0n) is 15.0. The van der Waals surface area contributed by atoms with Crippen molar-refractivity contribution in [2.45, 2.75) is 51.4 Å². The van der Waals surface area contributed by atoms with Gasteiger partial charge in [0.15, 0.2) is 0 Å². The van der Waals surface area contributed by atoms with Crippen LogP contribution in [0.25, 0.3) is 0 Å². The molecule has 0 heterocycles. The molecule has 4 aliphatic rings. The third kappa shape index (κ3) is 3.64. The number of nitrogens with one attached hydrogen (secondary N) is 2. The van der Waals surface area contributed by atoms with Crippen LogP contribution in [-0.4, -0.2) is 23.2 Å². The molecule has 138 valence electrons. The Kier molecular flexibility index (Phi) is 5.00. The van der Waals surface area contributed by atoms with E-state index >= 15 is 0 Å². The number of nitrogens with zero attached hydrogens (tertiary/aromatic N) is 2. The zero-order valence-corrected chi connectivity index (χ0v) is 15.0. The van der Waals surface area contributed by atoms with Gasteiger partial charge < -0.3 is 0 Å². The van der Waals surface area contributed by atoms with E-state index in [1.807, 2.05) is 0 Å². The zero-order chi connectivity index (χ0) is 17.9. The summed E-state index contributed by atoms with van der Waals surface area (Å²) < 4.78 is 0. The van der Waals surface area contributed by atoms with E-state index in [9.17, 15) is 9.59 Å². The van der Waals surface area contributed by atoms with Gasteiger partial charge in [0.25, 0.3) is 0 Å². The van der Waals surface area contributed by atoms with E-state index in [1.54, 1.807) is 0 Å². The van der Waals surface area contributed by atoms with Gasteiger partial charge in [0.2, 0.25) is 11.8 Å². The van der Waals surface area contributed by atoms with Gasteiger partial charge in [-0.1, -0.05) is 24.3 Å². The largest absolute Gasteiger partial charge is 0.273 e. The number of amides is 2. The lowest BCUT2D eigenvalue weighted by Gasteiger charge is -2.31. The van der Waals surface area contributed by atoms with Gasteiger partial charge in [0.1, 0.15) is 0 Å². The highest BCUT2D eigenvalue weighted by Crippen LogP contribution is 2.40. The van der Waals surface area contributed by atoms with E-state index in [-0.39, 0.29) is 11.8 Å². The maximum absolute atomic E-state index is 11.8. The number of hydrazone groups is 2. The predicted molar refractivity (Wildman–Crippen MR) is 100 cm³/mol. The molecule has 26 heavy (non-hydrogen) atoms. The van der Waals surface area contributed by atoms with E-state index in [2.05, 4.69) is 45.4 Å². The normalized spacial score (nSPS) is 33.5. The average molecular weight is 354 g/mol. The van der Waals surface area contributed by atoms with Crippen LogP contribution in [0.4, 0.5) is 0 Å². The van der Waals surface area contributed by atoms with Crippen molar-refractivity contribution in [3.8, 4) is 0 Å². The van der Waals surface area contributed by atoms with Crippen molar-refractivity contribution < 1.29 is 9.59 Å². The second-order valence-corrected chi connectivity index (χ2v) is 7.76. The molecule has 2 fully saturated rings. The summed E-state index contributed by atoms with van der Waals surface area (Å²) in [6.07, 6.45) is 15.1. The first kappa shape index (κ1) is 17.2. The number of hydrogen-bond acceptors (Lipinski definition) is 4. The van der Waals surface area contributed by atoms with E-state index < -0.39 is 0 Å². The van der Waals surface area contributed by atoms with Crippen LogP contribution in [0.2, 0.25) is 0 Å². The summed E-state index contributed by atoms with van der Waals surface area (Å²) >= 11 is 0. The highest BCUT2D eigenvalue weighted by atomic mass is 16.2. The molecule has 0 spiro atoms. The van der Waals surface area contributed by atoms with Gasteiger partial charge >= 0.3 is 0 Å². The number of hydrogen-bond donors (Lipinski definition) is 2. The van der Waals surface area contributed by atoms with Crippen molar-refractivity contribution in [2.24, 2.45) is 33.9 Å². The summed E-state index contributed by atoms with van der Waals surface area (Å²) in [7, 11) is 0. The maximum atomic E-state index is 11.8. The molecule has 0 radical (unpaired) electrons. The van der Waals surface area contributed by atoms with E-state index in [4.69, 9.17) is 0 Å². The van der Waals surface area contributed by atoms with Crippen molar-refractivity contribution in [1.29, 1.82) is 0 Å². The third-order valence-electron chi connectivity index (χ3n) is 6.03. The molecule has 0 bridgehead atoms. The van der Waals surface area contributed by atoms with Crippen LogP contribution < -0.4 is 10.9 Å². The van der Waals surface area contributed by atoms with E-state index in [1.165, 1.54) is 0 Å². The molecule has 0 unspecified atom stereocenters. The molecule has 0 saturated heterocycles. The first-order chi connectivity index (χ1) is 12.7. The summed E-state index contributed by atoms with van der Waals surface area (Å²) in [5.74, 6) is 2.19. The van der Waals surface area contributed by atoms with Gasteiger partial charge in [0.05, 0.1) is 0 Å². The fraction of sp³-hybridized carbons (Fsp3) is 0.600. The number of allylic oxidation sites excluding steroid dienone is 4. The van der Waals surface area contributed by atoms with Gasteiger partial charge in [-0.15, -0.1) is 0 Å². The quantitative estimate of drug-likeness (QED) is 0.419. The van der Waals surface area contributed by atoms with Gasteiger partial charge in [0, 0.05) is 36.1 Å². The van der Waals surface area contributed by atoms with Gasteiger partial charge in [-0.3, -0.25) is 9.59 Å². The molecular formula is C20H26N4O2. The number of unbranched alkanes of at least 4 members (excludes halogenated alkanes) is 1. The Morgan fingerprint density at radius 3 is 1.73 bits per heavy atom. The second-order valence-electron chi connectivity index (χ2n) is 7.76. The molecule has 0 aromatic heterocycles. The maximum Gasteiger partial charge on any atom is 0.240 e. The molecular weight excluding hydrogens is 328 g/mol. The number of rotatable bonds is 7. The molecule has 6 heteroatoms. The summed E-state index contributed by atoms with van der Waals surface area (Å²) in [6, 6.07) is 0. The second kappa shape index (κ2) is 7.56. The third-order valence-corrected chi connectivity index (χ3v) is 6.03. The molecule has 0 aromatic rings. The van der Waals surface area contributed by atoms with Crippen molar-refractivity contribution >= 4 is 23.2 Å². The van der Waals surface area contributed by atoms with Gasteiger partial charge in [-0.2, -0.15) is 10.2 Å². The Bertz CT molecular complexity index is 647. The molecule has 0 aliphatic heterocycles. The van der Waals surface area contributed by atoms with Crippen molar-refractivity contribution in [3.05, 3.63) is 24.3 Å². The van der Waals surface area contributed by atoms with Crippen molar-refractivity contribution in [2.75, 3.05) is 0 Å². The fourth-order valence-corrected chi connectivity index (χ4v) is 4.28. The molecule has 2 N–H and O–H groups in total. The Hall–Kier alpha value is -2.24. The first-order valence-corrected chi connectivity index (χ1v) is 9.74. The van der Waals surface area contributed by atoms with Crippen LogP contribution in [0, 0.1) is 23.7 Å². The number of fused-ring (bicyclic) bond motifs is 2. The highest BCUT2D eigenvalue weighted by molar-refractivity contribution is 5.95. The Morgan fingerprint density at radius 2 is 1.31 bits per heavy atom. The van der Waals surface area contributed by atoms with Crippen LogP contribution in [-0.2, 0) is 9.59 Å². The van der Waals surface area contributed by atoms with Crippen LogP contribution in [0.1, 0.15) is 51.4 Å². The molecule has 6 nitrogen and oxygen atoms in total. The van der Waals surface area contributed by atoms with Crippen LogP contribution in [0.3, 0.4) is 0 Å². The Morgan fingerprint density at radius 1 is 0.846 bits per heavy atom. The molecule has 2 saturated carbocycles. The molecule has 0 aromatic carbocycles. The van der Waals surface area contributed by atoms with Gasteiger partial charge in [-0.25, -0.2) is 10.9 Å². The smallest absolute Gasteiger partial charge is 0.240 e. The highest BCUT2D eigenvalue weighted by Gasteiger charge is 2.38. The van der Waals surface area contributed by atoms with Crippen LogP contribution >= 0.6 is 0 Å². The van der Waals surface area contributed by atoms with E-state index in [0.29, 0.717) is 49.4 Å². The Labute approximate surface area is 153 Å². The molecule has 2 amide bonds. The lowest BCUT2D eigenvalue weighted by atomic mass is 9.74. The summed E-state index contributed by atoms with van der Waals surface area (Å²) in [4.78, 5) is 23.7. The first-order valence-electron chi connectivity index (χ1n) is 9.74. The molecule has 4 aliphatic carbocycles. The topological polar surface area (TPSA) is 82.9 Å². The number of carbonyl (C=O) groups excluding carboxylic acids is 2. The van der Waals surface area contributed by atoms with Crippen molar-refractivity contribution in [1.82, 2.24) is 10.9 Å². The minimum absolute atomic E-state index is 0.0678. The van der Waals surface area contributed by atoms with Crippen molar-refractivity contribution in [3.63, 3.8) is 0 Å². The van der Waals surface area contributed by atoms with Crippen LogP contribution in [0.15, 0.2) is 34.5 Å². The van der Waals surface area contributed by atoms with E-state index in [0.717, 1.165) is 37.1 Å². The minimum Gasteiger partial charge on any atom is -0.273 e. The molecule has 4 atom stereocenters. The lowest BCUT2D eigenvalue weighted by molar-refractivity contribution is -0.123. The summed E-state index contributed by atoms with van der Waals surface area (Å²) in [6.45, 7) is 0. The monoisotopic (exact) mass is 354 g/mol. The summed E-state index contributed by atoms with van der Waals surface area (Å²) in [5, 5.41) is 8.50. The lowest BCUT2D eigenvalue weighted by Crippen LogP contribution is -2.35. The van der Waals surface area contributed by atoms with Crippen LogP contribution in [0.5, 0.6) is 0 Å². The minimum atomic E-state index is -0.0678. The average Bonchev–Trinajstić information content (AvgIpc) is 3.15. The fourth-order valence-electron chi connectivity index (χ4n) is 4.28. The molecule has 4 rings (SSSR count). The predicted octanol–water partition coefficient (Wildman–Crippen LogP) is 2.68. The number of carbonyl (C=O) groups is 2. The Balaban J connectivity index is 1.06.